The van der Waals surface area contributed by atoms with Crippen molar-refractivity contribution >= 4 is 57.2 Å². The first-order valence-corrected chi connectivity index (χ1v) is 8.89. The first-order valence-electron chi connectivity index (χ1n) is 7.28. The average Bonchev–Trinajstić information content (AvgIpc) is 2.81. The van der Waals surface area contributed by atoms with Crippen LogP contribution in [0.25, 0.3) is 0 Å². The van der Waals surface area contributed by atoms with Crippen molar-refractivity contribution in [2.24, 2.45) is 4.99 Å². The van der Waals surface area contributed by atoms with Crippen LogP contribution in [0.2, 0.25) is 0 Å². The molecule has 0 fully saturated rings. The van der Waals surface area contributed by atoms with Gasteiger partial charge in [0.2, 0.25) is 0 Å². The Labute approximate surface area is 167 Å². The molecular weight excluding hydrogens is 487 g/mol. The van der Waals surface area contributed by atoms with E-state index < -0.39 is 0 Å². The fourth-order valence-electron chi connectivity index (χ4n) is 2.00. The van der Waals surface area contributed by atoms with Crippen molar-refractivity contribution in [1.29, 1.82) is 0 Å². The number of rotatable bonds is 5. The monoisotopic (exact) mass is 508 g/mol. The standard InChI is InChI=1S/C16H21BrN4S.HI/c1-4-18-16(19-9-13-5-7-14(17)8-6-13)20-10-15-11(2)21-12(3)22-15;/h5-8H,4,9-10H2,1-3H3,(H2,18,19,20);1H. The zero-order valence-electron chi connectivity index (χ0n) is 13.5. The molecule has 0 aliphatic heterocycles. The number of nitrogens with zero attached hydrogens (tertiary/aromatic N) is 2. The van der Waals surface area contributed by atoms with Crippen LogP contribution in [0.4, 0.5) is 0 Å². The lowest BCUT2D eigenvalue weighted by molar-refractivity contribution is 0.819. The highest BCUT2D eigenvalue weighted by molar-refractivity contribution is 14.0. The molecular formula is C16H22BrIN4S. The van der Waals surface area contributed by atoms with Crippen LogP contribution >= 0.6 is 51.2 Å². The molecule has 2 rings (SSSR count). The van der Waals surface area contributed by atoms with Crippen molar-refractivity contribution in [2.45, 2.75) is 33.9 Å². The average molecular weight is 509 g/mol. The first-order chi connectivity index (χ1) is 10.6. The predicted octanol–water partition coefficient (Wildman–Crippen LogP) is 4.40. The summed E-state index contributed by atoms with van der Waals surface area (Å²) in [6, 6.07) is 8.23. The Morgan fingerprint density at radius 3 is 2.48 bits per heavy atom. The molecule has 0 amide bonds. The van der Waals surface area contributed by atoms with Gasteiger partial charge in [0.15, 0.2) is 5.96 Å². The van der Waals surface area contributed by atoms with Crippen LogP contribution in [0.3, 0.4) is 0 Å². The van der Waals surface area contributed by atoms with E-state index in [2.05, 4.69) is 55.6 Å². The van der Waals surface area contributed by atoms with E-state index in [1.54, 1.807) is 11.3 Å². The topological polar surface area (TPSA) is 49.3 Å². The van der Waals surface area contributed by atoms with Gasteiger partial charge in [-0.1, -0.05) is 28.1 Å². The third-order valence-corrected chi connectivity index (χ3v) is 4.69. The highest BCUT2D eigenvalue weighted by Crippen LogP contribution is 2.16. The zero-order chi connectivity index (χ0) is 15.9. The Morgan fingerprint density at radius 2 is 1.91 bits per heavy atom. The highest BCUT2D eigenvalue weighted by Gasteiger charge is 2.05. The largest absolute Gasteiger partial charge is 0.357 e. The van der Waals surface area contributed by atoms with Crippen LogP contribution in [-0.4, -0.2) is 17.5 Å². The third-order valence-electron chi connectivity index (χ3n) is 3.09. The number of hydrogen-bond donors (Lipinski definition) is 2. The number of hydrogen-bond acceptors (Lipinski definition) is 3. The van der Waals surface area contributed by atoms with Gasteiger partial charge in [-0.15, -0.1) is 35.3 Å². The number of aliphatic imine (C=N–C) groups is 1. The van der Waals surface area contributed by atoms with Crippen molar-refractivity contribution in [3.63, 3.8) is 0 Å². The summed E-state index contributed by atoms with van der Waals surface area (Å²) in [6.45, 7) is 8.40. The van der Waals surface area contributed by atoms with Gasteiger partial charge in [-0.05, 0) is 38.5 Å². The summed E-state index contributed by atoms with van der Waals surface area (Å²) in [4.78, 5) is 10.3. The minimum Gasteiger partial charge on any atom is -0.357 e. The molecule has 0 saturated carbocycles. The van der Waals surface area contributed by atoms with Crippen molar-refractivity contribution < 1.29 is 0 Å². The van der Waals surface area contributed by atoms with Gasteiger partial charge in [-0.2, -0.15) is 0 Å². The van der Waals surface area contributed by atoms with E-state index in [0.717, 1.165) is 34.2 Å². The van der Waals surface area contributed by atoms with Crippen molar-refractivity contribution in [3.05, 3.63) is 49.9 Å². The molecule has 0 bridgehead atoms. The van der Waals surface area contributed by atoms with E-state index in [0.29, 0.717) is 6.54 Å². The van der Waals surface area contributed by atoms with Gasteiger partial charge in [0.1, 0.15) is 0 Å². The smallest absolute Gasteiger partial charge is 0.191 e. The number of guanidine groups is 1. The van der Waals surface area contributed by atoms with Crippen molar-refractivity contribution in [3.8, 4) is 0 Å². The molecule has 2 N–H and O–H groups in total. The Balaban J connectivity index is 0.00000264. The van der Waals surface area contributed by atoms with E-state index in [9.17, 15) is 0 Å². The lowest BCUT2D eigenvalue weighted by atomic mass is 10.2. The number of aromatic nitrogens is 1. The zero-order valence-corrected chi connectivity index (χ0v) is 18.3. The maximum absolute atomic E-state index is 4.63. The molecule has 0 aliphatic rings. The van der Waals surface area contributed by atoms with Crippen LogP contribution in [0.15, 0.2) is 33.7 Å². The predicted molar refractivity (Wildman–Crippen MR) is 113 cm³/mol. The minimum absolute atomic E-state index is 0. The highest BCUT2D eigenvalue weighted by atomic mass is 127. The molecule has 2 aromatic rings. The van der Waals surface area contributed by atoms with E-state index in [4.69, 9.17) is 0 Å². The summed E-state index contributed by atoms with van der Waals surface area (Å²) in [5, 5.41) is 7.75. The molecule has 7 heteroatoms. The van der Waals surface area contributed by atoms with E-state index >= 15 is 0 Å². The lowest BCUT2D eigenvalue weighted by Crippen LogP contribution is -2.36. The molecule has 1 aromatic heterocycles. The second kappa shape index (κ2) is 10.2. The molecule has 1 heterocycles. The maximum atomic E-state index is 4.63. The second-order valence-corrected chi connectivity index (χ2v) is 7.12. The Kier molecular flexibility index (Phi) is 9.08. The van der Waals surface area contributed by atoms with Gasteiger partial charge in [-0.25, -0.2) is 9.98 Å². The van der Waals surface area contributed by atoms with Crippen LogP contribution in [0.5, 0.6) is 0 Å². The van der Waals surface area contributed by atoms with Gasteiger partial charge < -0.3 is 10.6 Å². The molecule has 1 aromatic carbocycles. The molecule has 126 valence electrons. The summed E-state index contributed by atoms with van der Waals surface area (Å²) in [7, 11) is 0. The van der Waals surface area contributed by atoms with Crippen LogP contribution in [-0.2, 0) is 13.1 Å². The molecule has 0 spiro atoms. The number of benzene rings is 1. The fourth-order valence-corrected chi connectivity index (χ4v) is 3.14. The number of thiazole rings is 1. The van der Waals surface area contributed by atoms with Gasteiger partial charge in [0, 0.05) is 15.9 Å². The molecule has 0 aliphatic carbocycles. The molecule has 0 radical (unpaired) electrons. The summed E-state index contributed by atoms with van der Waals surface area (Å²) in [5.41, 5.74) is 2.28. The summed E-state index contributed by atoms with van der Waals surface area (Å²) in [5.74, 6) is 0.830. The van der Waals surface area contributed by atoms with E-state index in [-0.39, 0.29) is 24.0 Å². The summed E-state index contributed by atoms with van der Waals surface area (Å²) < 4.78 is 1.08. The summed E-state index contributed by atoms with van der Waals surface area (Å²) in [6.07, 6.45) is 0. The fraction of sp³-hybridized carbons (Fsp3) is 0.375. The Morgan fingerprint density at radius 1 is 1.22 bits per heavy atom. The maximum Gasteiger partial charge on any atom is 0.191 e. The SMILES string of the molecule is CCNC(=NCc1ccc(Br)cc1)NCc1sc(C)nc1C.I. The lowest BCUT2D eigenvalue weighted by Gasteiger charge is -2.10. The van der Waals surface area contributed by atoms with E-state index in [1.165, 1.54) is 10.4 Å². The third kappa shape index (κ3) is 6.76. The minimum atomic E-state index is 0. The van der Waals surface area contributed by atoms with Gasteiger partial charge >= 0.3 is 0 Å². The molecule has 0 atom stereocenters. The van der Waals surface area contributed by atoms with Crippen LogP contribution < -0.4 is 10.6 Å². The van der Waals surface area contributed by atoms with E-state index in [1.807, 2.05) is 26.0 Å². The van der Waals surface area contributed by atoms with Crippen molar-refractivity contribution in [1.82, 2.24) is 15.6 Å². The first kappa shape index (κ1) is 20.4. The molecule has 0 saturated heterocycles. The molecule has 4 nitrogen and oxygen atoms in total. The van der Waals surface area contributed by atoms with Gasteiger partial charge in [0.05, 0.1) is 23.8 Å². The molecule has 0 unspecified atom stereocenters. The van der Waals surface area contributed by atoms with Gasteiger partial charge in [0.25, 0.3) is 0 Å². The Bertz CT molecular complexity index is 640. The molecule has 23 heavy (non-hydrogen) atoms. The summed E-state index contributed by atoms with van der Waals surface area (Å²) >= 11 is 5.17. The normalized spacial score (nSPS) is 11.0. The van der Waals surface area contributed by atoms with Gasteiger partial charge in [-0.3, -0.25) is 0 Å². The second-order valence-electron chi connectivity index (χ2n) is 4.92. The number of nitrogens with one attached hydrogen (secondary N) is 2. The van der Waals surface area contributed by atoms with Crippen molar-refractivity contribution in [2.75, 3.05) is 6.54 Å². The number of aryl methyl sites for hydroxylation is 2. The van der Waals surface area contributed by atoms with Crippen LogP contribution in [0.1, 0.15) is 28.1 Å². The van der Waals surface area contributed by atoms with Crippen LogP contribution in [0, 0.1) is 13.8 Å². The number of halogens is 2. The quantitative estimate of drug-likeness (QED) is 0.357. The Hall–Kier alpha value is -0.670.